The number of phenols is 1. The lowest BCUT2D eigenvalue weighted by Crippen LogP contribution is -1.98. The van der Waals surface area contributed by atoms with Crippen molar-refractivity contribution >= 4 is 34.4 Å². The Hall–Kier alpha value is -3.44. The zero-order valence-electron chi connectivity index (χ0n) is 14.2. The minimum atomic E-state index is 0.157. The average molecular weight is 375 g/mol. The second-order valence-electron chi connectivity index (χ2n) is 5.86. The molecule has 0 atom stereocenters. The number of aromatic nitrogens is 2. The van der Waals surface area contributed by atoms with E-state index in [0.717, 1.165) is 16.3 Å². The van der Waals surface area contributed by atoms with E-state index in [4.69, 9.17) is 11.6 Å². The first-order valence-corrected chi connectivity index (χ1v) is 8.68. The smallest absolute Gasteiger partial charge is 0.163 e. The monoisotopic (exact) mass is 374 g/mol. The van der Waals surface area contributed by atoms with Crippen molar-refractivity contribution in [2.45, 2.75) is 0 Å². The quantitative estimate of drug-likeness (QED) is 0.296. The Labute approximate surface area is 161 Å². The molecular weight excluding hydrogens is 360 g/mol. The zero-order chi connectivity index (χ0) is 18.6. The number of hydrazone groups is 1. The highest BCUT2D eigenvalue weighted by molar-refractivity contribution is 6.29. The maximum Gasteiger partial charge on any atom is 0.163 e. The number of rotatable bonds is 4. The highest BCUT2D eigenvalue weighted by atomic mass is 35.5. The van der Waals surface area contributed by atoms with Crippen LogP contribution in [0.5, 0.6) is 5.75 Å². The van der Waals surface area contributed by atoms with Crippen LogP contribution in [0.2, 0.25) is 5.15 Å². The Morgan fingerprint density at radius 1 is 0.926 bits per heavy atom. The van der Waals surface area contributed by atoms with Gasteiger partial charge in [0.25, 0.3) is 0 Å². The number of phenolic OH excluding ortho intramolecular Hbond substituents is 1. The number of aromatic hydroxyl groups is 1. The minimum absolute atomic E-state index is 0.157. The summed E-state index contributed by atoms with van der Waals surface area (Å²) in [4.78, 5) is 8.68. The summed E-state index contributed by atoms with van der Waals surface area (Å²) in [7, 11) is 0. The van der Waals surface area contributed by atoms with Crippen molar-refractivity contribution in [3.63, 3.8) is 0 Å². The van der Waals surface area contributed by atoms with Gasteiger partial charge in [-0.3, -0.25) is 5.43 Å². The SMILES string of the molecule is Oc1ccc2ccccc2c1C=NNc1cc(Cl)nc(-c2ccccc2)n1. The maximum atomic E-state index is 10.2. The molecule has 0 saturated heterocycles. The van der Waals surface area contributed by atoms with Gasteiger partial charge >= 0.3 is 0 Å². The van der Waals surface area contributed by atoms with Gasteiger partial charge in [0, 0.05) is 17.2 Å². The van der Waals surface area contributed by atoms with Crippen LogP contribution < -0.4 is 5.43 Å². The highest BCUT2D eigenvalue weighted by Crippen LogP contribution is 2.25. The Morgan fingerprint density at radius 3 is 2.56 bits per heavy atom. The fourth-order valence-corrected chi connectivity index (χ4v) is 2.96. The van der Waals surface area contributed by atoms with Crippen LogP contribution >= 0.6 is 11.6 Å². The molecule has 132 valence electrons. The average Bonchev–Trinajstić information content (AvgIpc) is 2.70. The number of benzene rings is 3. The molecule has 4 aromatic rings. The summed E-state index contributed by atoms with van der Waals surface area (Å²) in [6.45, 7) is 0. The fraction of sp³-hybridized carbons (Fsp3) is 0. The molecule has 0 radical (unpaired) electrons. The Balaban J connectivity index is 1.63. The van der Waals surface area contributed by atoms with E-state index in [0.29, 0.717) is 22.4 Å². The summed E-state index contributed by atoms with van der Waals surface area (Å²) >= 11 is 6.12. The van der Waals surface area contributed by atoms with Crippen LogP contribution in [0, 0.1) is 0 Å². The molecule has 2 N–H and O–H groups in total. The van der Waals surface area contributed by atoms with Crippen LogP contribution in [0.25, 0.3) is 22.2 Å². The van der Waals surface area contributed by atoms with Crippen LogP contribution in [0.3, 0.4) is 0 Å². The largest absolute Gasteiger partial charge is 0.507 e. The molecule has 1 heterocycles. The van der Waals surface area contributed by atoms with Crippen LogP contribution in [0.15, 0.2) is 77.9 Å². The number of hydrogen-bond donors (Lipinski definition) is 2. The molecule has 0 aliphatic rings. The molecule has 5 nitrogen and oxygen atoms in total. The summed E-state index contributed by atoms with van der Waals surface area (Å²) < 4.78 is 0. The van der Waals surface area contributed by atoms with E-state index in [1.54, 1.807) is 18.3 Å². The van der Waals surface area contributed by atoms with Crippen molar-refractivity contribution in [1.29, 1.82) is 0 Å². The first kappa shape index (κ1) is 17.0. The molecule has 0 bridgehead atoms. The molecule has 27 heavy (non-hydrogen) atoms. The molecule has 0 aliphatic heterocycles. The summed E-state index contributed by atoms with van der Waals surface area (Å²) in [5, 5.41) is 16.6. The molecular formula is C21H15ClN4O. The number of anilines is 1. The summed E-state index contributed by atoms with van der Waals surface area (Å²) in [6.07, 6.45) is 1.57. The van der Waals surface area contributed by atoms with Crippen molar-refractivity contribution in [3.8, 4) is 17.1 Å². The lowest BCUT2D eigenvalue weighted by atomic mass is 10.0. The van der Waals surface area contributed by atoms with Crippen LogP contribution in [0.4, 0.5) is 5.82 Å². The van der Waals surface area contributed by atoms with Crippen LogP contribution in [-0.2, 0) is 0 Å². The third kappa shape index (κ3) is 3.73. The third-order valence-corrected chi connectivity index (χ3v) is 4.24. The summed E-state index contributed by atoms with van der Waals surface area (Å²) in [6, 6.07) is 22.5. The van der Waals surface area contributed by atoms with Crippen molar-refractivity contribution in [2.24, 2.45) is 5.10 Å². The Kier molecular flexibility index (Phi) is 4.68. The molecule has 1 aromatic heterocycles. The van der Waals surface area contributed by atoms with E-state index in [9.17, 15) is 5.11 Å². The number of nitrogens with one attached hydrogen (secondary N) is 1. The van der Waals surface area contributed by atoms with Gasteiger partial charge < -0.3 is 5.11 Å². The van der Waals surface area contributed by atoms with E-state index in [-0.39, 0.29) is 5.75 Å². The van der Waals surface area contributed by atoms with Gasteiger partial charge in [-0.25, -0.2) is 9.97 Å². The number of fused-ring (bicyclic) bond motifs is 1. The van der Waals surface area contributed by atoms with Gasteiger partial charge in [0.1, 0.15) is 10.9 Å². The third-order valence-electron chi connectivity index (χ3n) is 4.05. The van der Waals surface area contributed by atoms with Crippen LogP contribution in [-0.4, -0.2) is 21.3 Å². The number of halogens is 1. The maximum absolute atomic E-state index is 10.2. The highest BCUT2D eigenvalue weighted by Gasteiger charge is 2.06. The second-order valence-corrected chi connectivity index (χ2v) is 6.24. The van der Waals surface area contributed by atoms with Crippen molar-refractivity contribution < 1.29 is 5.11 Å². The van der Waals surface area contributed by atoms with Crippen molar-refractivity contribution in [1.82, 2.24) is 9.97 Å². The van der Waals surface area contributed by atoms with Crippen molar-refractivity contribution in [2.75, 3.05) is 5.43 Å². The van der Waals surface area contributed by atoms with E-state index >= 15 is 0 Å². The molecule has 0 fully saturated rings. The first-order chi connectivity index (χ1) is 13.2. The van der Waals surface area contributed by atoms with Crippen LogP contribution in [0.1, 0.15) is 5.56 Å². The van der Waals surface area contributed by atoms with Gasteiger partial charge in [0.05, 0.1) is 6.21 Å². The van der Waals surface area contributed by atoms with Gasteiger partial charge in [-0.05, 0) is 16.8 Å². The lowest BCUT2D eigenvalue weighted by molar-refractivity contribution is 0.475. The molecule has 0 amide bonds. The normalized spacial score (nSPS) is 11.1. The van der Waals surface area contributed by atoms with Gasteiger partial charge in [0.2, 0.25) is 0 Å². The predicted octanol–water partition coefficient (Wildman–Crippen LogP) is 5.10. The van der Waals surface area contributed by atoms with E-state index in [1.165, 1.54) is 0 Å². The molecule has 0 saturated carbocycles. The Bertz CT molecular complexity index is 1130. The fourth-order valence-electron chi connectivity index (χ4n) is 2.77. The zero-order valence-corrected chi connectivity index (χ0v) is 14.9. The standard InChI is InChI=1S/C21H15ClN4O/c22-19-12-20(25-21(24-19)15-7-2-1-3-8-15)26-23-13-17-16-9-5-4-6-14(16)10-11-18(17)27/h1-13,27H,(H,24,25,26). The van der Waals surface area contributed by atoms with Crippen molar-refractivity contribution in [3.05, 3.63) is 83.5 Å². The summed E-state index contributed by atoms with van der Waals surface area (Å²) in [5.74, 6) is 1.13. The van der Waals surface area contributed by atoms with E-state index < -0.39 is 0 Å². The molecule has 0 spiro atoms. The van der Waals surface area contributed by atoms with E-state index in [1.807, 2.05) is 60.7 Å². The van der Waals surface area contributed by atoms with Gasteiger partial charge in [-0.15, -0.1) is 0 Å². The van der Waals surface area contributed by atoms with Gasteiger partial charge in [0.15, 0.2) is 11.6 Å². The van der Waals surface area contributed by atoms with Gasteiger partial charge in [-0.2, -0.15) is 5.10 Å². The van der Waals surface area contributed by atoms with Gasteiger partial charge in [-0.1, -0.05) is 72.3 Å². The number of nitrogens with zero attached hydrogens (tertiary/aromatic N) is 3. The lowest BCUT2D eigenvalue weighted by Gasteiger charge is -2.06. The summed E-state index contributed by atoms with van der Waals surface area (Å²) in [5.41, 5.74) is 4.35. The molecule has 6 heteroatoms. The molecule has 0 unspecified atom stereocenters. The second kappa shape index (κ2) is 7.43. The minimum Gasteiger partial charge on any atom is -0.507 e. The van der Waals surface area contributed by atoms with E-state index in [2.05, 4.69) is 20.5 Å². The predicted molar refractivity (Wildman–Crippen MR) is 109 cm³/mol. The Morgan fingerprint density at radius 2 is 1.70 bits per heavy atom. The molecule has 4 rings (SSSR count). The topological polar surface area (TPSA) is 70.4 Å². The number of hydrogen-bond acceptors (Lipinski definition) is 5. The molecule has 3 aromatic carbocycles. The molecule has 0 aliphatic carbocycles. The first-order valence-electron chi connectivity index (χ1n) is 8.30.